The molecule has 0 unspecified atom stereocenters. The summed E-state index contributed by atoms with van der Waals surface area (Å²) in [4.78, 5) is 10.8. The van der Waals surface area contributed by atoms with Crippen molar-refractivity contribution in [3.05, 3.63) is 90.0 Å². The number of aryl methyl sites for hydroxylation is 2. The Balaban J connectivity index is 1.59. The molecular weight excluding hydrogens is 330 g/mol. The van der Waals surface area contributed by atoms with Crippen LogP contribution >= 0.6 is 0 Å². The van der Waals surface area contributed by atoms with Crippen LogP contribution in [0.5, 0.6) is 0 Å². The Labute approximate surface area is 162 Å². The smallest absolute Gasteiger partial charge is 0.142 e. The van der Waals surface area contributed by atoms with E-state index >= 15 is 0 Å². The van der Waals surface area contributed by atoms with Gasteiger partial charge in [0.2, 0.25) is 0 Å². The summed E-state index contributed by atoms with van der Waals surface area (Å²) in [5.41, 5.74) is 6.35. The second-order valence-electron chi connectivity index (χ2n) is 6.99. The van der Waals surface area contributed by atoms with Gasteiger partial charge < -0.3 is 0 Å². The molecule has 2 aromatic carbocycles. The van der Waals surface area contributed by atoms with Crippen LogP contribution in [0.4, 0.5) is 0 Å². The lowest BCUT2D eigenvalue weighted by atomic mass is 9.96. The third kappa shape index (κ3) is 5.35. The maximum atomic E-state index is 4.29. The molecule has 27 heavy (non-hydrogen) atoms. The number of hydrogen-bond donors (Lipinski definition) is 0. The fourth-order valence-corrected chi connectivity index (χ4v) is 3.21. The standard InChI is InChI=1S/C24H27N3/c1-4-20-17-23(22-10-8-19(2)9-11-22)13-12-21(20)7-5-16-27(3)18-24-25-14-6-15-26-24/h4,6,8-15,17H,1,5,7,16,18H2,2-3H3. The average Bonchev–Trinajstić information content (AvgIpc) is 2.69. The van der Waals surface area contributed by atoms with Gasteiger partial charge in [0.15, 0.2) is 0 Å². The van der Waals surface area contributed by atoms with Crippen LogP contribution in [0.25, 0.3) is 17.2 Å². The molecule has 0 saturated carbocycles. The fourth-order valence-electron chi connectivity index (χ4n) is 3.21. The van der Waals surface area contributed by atoms with E-state index in [-0.39, 0.29) is 0 Å². The first kappa shape index (κ1) is 19.0. The molecular formula is C24H27N3. The molecule has 0 aliphatic heterocycles. The highest BCUT2D eigenvalue weighted by atomic mass is 15.1. The van der Waals surface area contributed by atoms with Crippen LogP contribution in [0.3, 0.4) is 0 Å². The molecule has 3 aromatic rings. The minimum absolute atomic E-state index is 0.779. The van der Waals surface area contributed by atoms with Crippen LogP contribution in [0, 0.1) is 6.92 Å². The Morgan fingerprint density at radius 1 is 1.00 bits per heavy atom. The number of benzene rings is 2. The summed E-state index contributed by atoms with van der Waals surface area (Å²) in [7, 11) is 2.12. The normalized spacial score (nSPS) is 10.9. The predicted octanol–water partition coefficient (Wildman–Crippen LogP) is 5.16. The first-order valence-corrected chi connectivity index (χ1v) is 9.42. The molecule has 0 amide bonds. The summed E-state index contributed by atoms with van der Waals surface area (Å²) >= 11 is 0. The molecule has 1 aromatic heterocycles. The van der Waals surface area contributed by atoms with E-state index in [0.717, 1.165) is 31.8 Å². The topological polar surface area (TPSA) is 29.0 Å². The number of aromatic nitrogens is 2. The molecule has 1 heterocycles. The summed E-state index contributed by atoms with van der Waals surface area (Å²) in [5.74, 6) is 0.870. The van der Waals surface area contributed by atoms with E-state index in [2.05, 4.69) is 77.9 Å². The lowest BCUT2D eigenvalue weighted by Gasteiger charge is -2.16. The molecule has 0 atom stereocenters. The summed E-state index contributed by atoms with van der Waals surface area (Å²) in [6.45, 7) is 7.91. The van der Waals surface area contributed by atoms with Crippen LogP contribution in [-0.4, -0.2) is 28.5 Å². The van der Waals surface area contributed by atoms with Gasteiger partial charge in [-0.2, -0.15) is 0 Å². The van der Waals surface area contributed by atoms with Crippen molar-refractivity contribution >= 4 is 6.08 Å². The molecule has 138 valence electrons. The molecule has 0 radical (unpaired) electrons. The first-order chi connectivity index (χ1) is 13.2. The zero-order chi connectivity index (χ0) is 19.1. The zero-order valence-corrected chi connectivity index (χ0v) is 16.2. The Hall–Kier alpha value is -2.78. The van der Waals surface area contributed by atoms with Crippen molar-refractivity contribution in [3.8, 4) is 11.1 Å². The average molecular weight is 358 g/mol. The lowest BCUT2D eigenvalue weighted by molar-refractivity contribution is 0.314. The highest BCUT2D eigenvalue weighted by Crippen LogP contribution is 2.24. The van der Waals surface area contributed by atoms with Gasteiger partial charge >= 0.3 is 0 Å². The minimum Gasteiger partial charge on any atom is -0.299 e. The molecule has 3 heteroatoms. The van der Waals surface area contributed by atoms with E-state index in [0.29, 0.717) is 0 Å². The summed E-state index contributed by atoms with van der Waals surface area (Å²) in [6, 6.07) is 17.2. The minimum atomic E-state index is 0.779. The van der Waals surface area contributed by atoms with Gasteiger partial charge in [-0.1, -0.05) is 54.6 Å². The van der Waals surface area contributed by atoms with Gasteiger partial charge in [-0.25, -0.2) is 9.97 Å². The van der Waals surface area contributed by atoms with Gasteiger partial charge in [0.05, 0.1) is 6.54 Å². The van der Waals surface area contributed by atoms with Crippen LogP contribution < -0.4 is 0 Å². The molecule has 0 fully saturated rings. The summed E-state index contributed by atoms with van der Waals surface area (Å²) in [6.07, 6.45) is 7.68. The Bertz CT molecular complexity index is 870. The van der Waals surface area contributed by atoms with Crippen molar-refractivity contribution in [2.24, 2.45) is 0 Å². The number of nitrogens with zero attached hydrogens (tertiary/aromatic N) is 3. The van der Waals surface area contributed by atoms with E-state index in [9.17, 15) is 0 Å². The highest BCUT2D eigenvalue weighted by Gasteiger charge is 2.06. The molecule has 0 spiro atoms. The van der Waals surface area contributed by atoms with Crippen molar-refractivity contribution in [3.63, 3.8) is 0 Å². The fraction of sp³-hybridized carbons (Fsp3) is 0.250. The van der Waals surface area contributed by atoms with Gasteiger partial charge in [-0.15, -0.1) is 0 Å². The molecule has 3 nitrogen and oxygen atoms in total. The maximum absolute atomic E-state index is 4.29. The number of rotatable bonds is 8. The van der Waals surface area contributed by atoms with Gasteiger partial charge in [0.1, 0.15) is 5.82 Å². The molecule has 0 bridgehead atoms. The Kier molecular flexibility index (Phi) is 6.50. The van der Waals surface area contributed by atoms with Crippen LogP contribution in [0.2, 0.25) is 0 Å². The van der Waals surface area contributed by atoms with Gasteiger partial charge in [-0.05, 0) is 67.7 Å². The van der Waals surface area contributed by atoms with Gasteiger partial charge in [0, 0.05) is 12.4 Å². The third-order valence-electron chi connectivity index (χ3n) is 4.77. The van der Waals surface area contributed by atoms with Crippen molar-refractivity contribution in [2.75, 3.05) is 13.6 Å². The number of hydrogen-bond acceptors (Lipinski definition) is 3. The van der Waals surface area contributed by atoms with Gasteiger partial charge in [-0.3, -0.25) is 4.90 Å². The van der Waals surface area contributed by atoms with Crippen molar-refractivity contribution in [1.82, 2.24) is 14.9 Å². The van der Waals surface area contributed by atoms with Crippen LogP contribution in [-0.2, 0) is 13.0 Å². The molecule has 0 aliphatic rings. The Morgan fingerprint density at radius 3 is 2.41 bits per heavy atom. The van der Waals surface area contributed by atoms with E-state index in [4.69, 9.17) is 0 Å². The second-order valence-corrected chi connectivity index (χ2v) is 6.99. The van der Waals surface area contributed by atoms with E-state index in [1.165, 1.54) is 27.8 Å². The highest BCUT2D eigenvalue weighted by molar-refractivity contribution is 5.69. The maximum Gasteiger partial charge on any atom is 0.142 e. The third-order valence-corrected chi connectivity index (χ3v) is 4.77. The van der Waals surface area contributed by atoms with Crippen molar-refractivity contribution < 1.29 is 0 Å². The predicted molar refractivity (Wildman–Crippen MR) is 113 cm³/mol. The van der Waals surface area contributed by atoms with E-state index < -0.39 is 0 Å². The molecule has 0 N–H and O–H groups in total. The Morgan fingerprint density at radius 2 is 1.70 bits per heavy atom. The second kappa shape index (κ2) is 9.24. The van der Waals surface area contributed by atoms with Crippen LogP contribution in [0.15, 0.2) is 67.5 Å². The van der Waals surface area contributed by atoms with E-state index in [1.807, 2.05) is 12.1 Å². The van der Waals surface area contributed by atoms with Crippen LogP contribution in [0.1, 0.15) is 28.9 Å². The van der Waals surface area contributed by atoms with Crippen molar-refractivity contribution in [2.45, 2.75) is 26.3 Å². The van der Waals surface area contributed by atoms with Crippen molar-refractivity contribution in [1.29, 1.82) is 0 Å². The largest absolute Gasteiger partial charge is 0.299 e. The first-order valence-electron chi connectivity index (χ1n) is 9.42. The summed E-state index contributed by atoms with van der Waals surface area (Å²) < 4.78 is 0. The molecule has 0 saturated heterocycles. The van der Waals surface area contributed by atoms with Gasteiger partial charge in [0.25, 0.3) is 0 Å². The molecule has 0 aliphatic carbocycles. The van der Waals surface area contributed by atoms with E-state index in [1.54, 1.807) is 12.4 Å². The SMILES string of the molecule is C=Cc1cc(-c2ccc(C)cc2)ccc1CCCN(C)Cc1ncccn1. The quantitative estimate of drug-likeness (QED) is 0.557. The lowest BCUT2D eigenvalue weighted by Crippen LogP contribution is -2.21. The zero-order valence-electron chi connectivity index (χ0n) is 16.2. The monoisotopic (exact) mass is 357 g/mol. The summed E-state index contributed by atoms with van der Waals surface area (Å²) in [5, 5.41) is 0. The molecule has 3 rings (SSSR count).